The van der Waals surface area contributed by atoms with Crippen LogP contribution in [0, 0.1) is 3.57 Å². The molecule has 0 aliphatic rings. The van der Waals surface area contributed by atoms with Gasteiger partial charge in [0.2, 0.25) is 0 Å². The average Bonchev–Trinajstić information content (AvgIpc) is 2.14. The van der Waals surface area contributed by atoms with Gasteiger partial charge in [0.05, 0.1) is 0 Å². The summed E-state index contributed by atoms with van der Waals surface area (Å²) in [6.07, 6.45) is -0.295. The molecule has 0 fully saturated rings. The number of amides is 1. The van der Waals surface area contributed by atoms with Gasteiger partial charge < -0.3 is 9.64 Å². The monoisotopic (exact) mass is 347 g/mol. The topological polar surface area (TPSA) is 29.5 Å². The van der Waals surface area contributed by atoms with Gasteiger partial charge >= 0.3 is 6.09 Å². The van der Waals surface area contributed by atoms with Gasteiger partial charge in [-0.1, -0.05) is 12.1 Å². The van der Waals surface area contributed by atoms with Crippen LogP contribution in [0.2, 0.25) is 0 Å². The summed E-state index contributed by atoms with van der Waals surface area (Å²) in [6.45, 7) is 6.16. The minimum absolute atomic E-state index is 0.295. The number of benzene rings is 1. The summed E-state index contributed by atoms with van der Waals surface area (Å²) < 4.78 is 6.45. The average molecular weight is 347 g/mol. The van der Waals surface area contributed by atoms with Crippen molar-refractivity contribution in [3.05, 3.63) is 33.4 Å². The molecular formula is C13H18INO2. The number of carbonyl (C=O) groups excluding carboxylic acids is 1. The van der Waals surface area contributed by atoms with Crippen molar-refractivity contribution in [3.63, 3.8) is 0 Å². The van der Waals surface area contributed by atoms with Crippen LogP contribution in [0.15, 0.2) is 24.3 Å². The van der Waals surface area contributed by atoms with Gasteiger partial charge in [0.1, 0.15) is 5.60 Å². The molecule has 17 heavy (non-hydrogen) atoms. The van der Waals surface area contributed by atoms with Crippen LogP contribution >= 0.6 is 22.6 Å². The molecule has 0 bridgehead atoms. The van der Waals surface area contributed by atoms with Gasteiger partial charge in [-0.3, -0.25) is 0 Å². The van der Waals surface area contributed by atoms with Crippen LogP contribution in [0.3, 0.4) is 0 Å². The van der Waals surface area contributed by atoms with Crippen LogP contribution in [0.5, 0.6) is 0 Å². The molecule has 0 aliphatic heterocycles. The Morgan fingerprint density at radius 3 is 2.59 bits per heavy atom. The zero-order valence-electron chi connectivity index (χ0n) is 10.7. The molecule has 3 nitrogen and oxygen atoms in total. The van der Waals surface area contributed by atoms with Crippen molar-refractivity contribution in [1.29, 1.82) is 0 Å². The Morgan fingerprint density at radius 2 is 2.06 bits per heavy atom. The number of rotatable bonds is 2. The highest BCUT2D eigenvalue weighted by Crippen LogP contribution is 2.13. The van der Waals surface area contributed by atoms with Gasteiger partial charge in [-0.2, -0.15) is 0 Å². The van der Waals surface area contributed by atoms with Crippen LogP contribution in [0.25, 0.3) is 0 Å². The first-order chi connectivity index (χ1) is 7.78. The summed E-state index contributed by atoms with van der Waals surface area (Å²) in [6, 6.07) is 8.07. The molecule has 0 radical (unpaired) electrons. The number of hydrogen-bond donors (Lipinski definition) is 0. The van der Waals surface area contributed by atoms with E-state index in [0.29, 0.717) is 6.54 Å². The quantitative estimate of drug-likeness (QED) is 0.765. The fourth-order valence-electron chi connectivity index (χ4n) is 1.31. The molecule has 94 valence electrons. The summed E-state index contributed by atoms with van der Waals surface area (Å²) in [5, 5.41) is 0. The first-order valence-electron chi connectivity index (χ1n) is 5.46. The molecule has 0 atom stereocenters. The minimum Gasteiger partial charge on any atom is -0.444 e. The Morgan fingerprint density at radius 1 is 1.41 bits per heavy atom. The molecule has 1 aromatic rings. The van der Waals surface area contributed by atoms with E-state index in [1.807, 2.05) is 39.0 Å². The molecule has 1 amide bonds. The molecule has 0 N–H and O–H groups in total. The summed E-state index contributed by atoms with van der Waals surface area (Å²) in [5.74, 6) is 0. The van der Waals surface area contributed by atoms with Gasteiger partial charge in [-0.15, -0.1) is 0 Å². The lowest BCUT2D eigenvalue weighted by atomic mass is 10.2. The van der Waals surface area contributed by atoms with E-state index < -0.39 is 5.60 Å². The highest BCUT2D eigenvalue weighted by molar-refractivity contribution is 14.1. The first kappa shape index (κ1) is 14.3. The van der Waals surface area contributed by atoms with E-state index in [1.165, 1.54) is 0 Å². The highest BCUT2D eigenvalue weighted by atomic mass is 127. The number of hydrogen-bond acceptors (Lipinski definition) is 2. The second-order valence-corrected chi connectivity index (χ2v) is 6.21. The number of halogens is 1. The van der Waals surface area contributed by atoms with Gasteiger partial charge in [0, 0.05) is 17.2 Å². The Labute approximate surface area is 116 Å². The summed E-state index contributed by atoms with van der Waals surface area (Å²) >= 11 is 2.26. The summed E-state index contributed by atoms with van der Waals surface area (Å²) in [4.78, 5) is 13.3. The highest BCUT2D eigenvalue weighted by Gasteiger charge is 2.19. The third-order valence-corrected chi connectivity index (χ3v) is 2.68. The molecule has 0 aromatic heterocycles. The fourth-order valence-corrected chi connectivity index (χ4v) is 1.92. The Hall–Kier alpha value is -0.780. The Balaban J connectivity index is 2.60. The third kappa shape index (κ3) is 5.39. The lowest BCUT2D eigenvalue weighted by molar-refractivity contribution is 0.0285. The van der Waals surface area contributed by atoms with Crippen LogP contribution < -0.4 is 0 Å². The van der Waals surface area contributed by atoms with Crippen molar-refractivity contribution < 1.29 is 9.53 Å². The lowest BCUT2D eigenvalue weighted by Gasteiger charge is -2.24. The molecule has 0 saturated carbocycles. The molecule has 0 heterocycles. The Kier molecular flexibility index (Phi) is 4.80. The molecule has 0 aliphatic carbocycles. The first-order valence-corrected chi connectivity index (χ1v) is 6.54. The molecule has 0 saturated heterocycles. The third-order valence-electron chi connectivity index (χ3n) is 2.01. The molecule has 4 heteroatoms. The normalized spacial score (nSPS) is 11.1. The number of ether oxygens (including phenoxy) is 1. The van der Waals surface area contributed by atoms with E-state index in [-0.39, 0.29) is 6.09 Å². The van der Waals surface area contributed by atoms with E-state index in [2.05, 4.69) is 28.7 Å². The van der Waals surface area contributed by atoms with Gasteiger partial charge in [-0.25, -0.2) is 4.79 Å². The van der Waals surface area contributed by atoms with E-state index in [1.54, 1.807) is 11.9 Å². The smallest absolute Gasteiger partial charge is 0.410 e. The van der Waals surface area contributed by atoms with Gasteiger partial charge in [0.25, 0.3) is 0 Å². The fraction of sp³-hybridized carbons (Fsp3) is 0.462. The van der Waals surface area contributed by atoms with Crippen LogP contribution in [-0.4, -0.2) is 23.6 Å². The SMILES string of the molecule is CN(Cc1cccc(I)c1)C(=O)OC(C)(C)C. The number of nitrogens with zero attached hydrogens (tertiary/aromatic N) is 1. The zero-order valence-corrected chi connectivity index (χ0v) is 12.8. The lowest BCUT2D eigenvalue weighted by Crippen LogP contribution is -2.33. The zero-order chi connectivity index (χ0) is 13.1. The van der Waals surface area contributed by atoms with Crippen molar-refractivity contribution >= 4 is 28.7 Å². The van der Waals surface area contributed by atoms with Crippen molar-refractivity contribution in [2.75, 3.05) is 7.05 Å². The van der Waals surface area contributed by atoms with Crippen LogP contribution in [-0.2, 0) is 11.3 Å². The van der Waals surface area contributed by atoms with Gasteiger partial charge in [0.15, 0.2) is 0 Å². The Bertz CT molecular complexity index is 399. The van der Waals surface area contributed by atoms with Crippen LogP contribution in [0.4, 0.5) is 4.79 Å². The molecular weight excluding hydrogens is 329 g/mol. The molecule has 1 rings (SSSR count). The van der Waals surface area contributed by atoms with E-state index in [0.717, 1.165) is 9.13 Å². The molecule has 1 aromatic carbocycles. The number of carbonyl (C=O) groups is 1. The summed E-state index contributed by atoms with van der Waals surface area (Å²) in [5.41, 5.74) is 0.654. The standard InChI is InChI=1S/C13H18INO2/c1-13(2,3)17-12(16)15(4)9-10-6-5-7-11(14)8-10/h5-8H,9H2,1-4H3. The summed E-state index contributed by atoms with van der Waals surface area (Å²) in [7, 11) is 1.74. The van der Waals surface area contributed by atoms with E-state index in [9.17, 15) is 4.79 Å². The molecule has 0 unspecified atom stereocenters. The maximum Gasteiger partial charge on any atom is 0.410 e. The predicted molar refractivity (Wildman–Crippen MR) is 76.9 cm³/mol. The predicted octanol–water partition coefficient (Wildman–Crippen LogP) is 3.66. The minimum atomic E-state index is -0.448. The molecule has 0 spiro atoms. The van der Waals surface area contributed by atoms with Crippen molar-refractivity contribution in [3.8, 4) is 0 Å². The van der Waals surface area contributed by atoms with E-state index >= 15 is 0 Å². The second kappa shape index (κ2) is 5.71. The van der Waals surface area contributed by atoms with Gasteiger partial charge in [-0.05, 0) is 61.1 Å². The van der Waals surface area contributed by atoms with Crippen LogP contribution in [0.1, 0.15) is 26.3 Å². The second-order valence-electron chi connectivity index (χ2n) is 4.97. The maximum absolute atomic E-state index is 11.7. The van der Waals surface area contributed by atoms with Crippen molar-refractivity contribution in [2.24, 2.45) is 0 Å². The van der Waals surface area contributed by atoms with Crippen molar-refractivity contribution in [1.82, 2.24) is 4.90 Å². The maximum atomic E-state index is 11.7. The van der Waals surface area contributed by atoms with E-state index in [4.69, 9.17) is 4.74 Å². The largest absolute Gasteiger partial charge is 0.444 e. The van der Waals surface area contributed by atoms with Crippen molar-refractivity contribution in [2.45, 2.75) is 32.9 Å².